The molecule has 0 aromatic carbocycles. The number of thioether (sulfide) groups is 1. The Kier molecular flexibility index (Phi) is 4.10. The molecule has 2 aliphatic heterocycles. The van der Waals surface area contributed by atoms with Crippen molar-refractivity contribution in [1.82, 2.24) is 5.32 Å². The molecule has 2 rings (SSSR count). The summed E-state index contributed by atoms with van der Waals surface area (Å²) in [6, 6.07) is 0.635. The van der Waals surface area contributed by atoms with Crippen molar-refractivity contribution in [3.63, 3.8) is 0 Å². The minimum absolute atomic E-state index is 0.178. The summed E-state index contributed by atoms with van der Waals surface area (Å²) in [6.07, 6.45) is 3.05. The molecular formula is C12H23NO2S2. The highest BCUT2D eigenvalue weighted by Gasteiger charge is 2.35. The molecule has 0 spiro atoms. The smallest absolute Gasteiger partial charge is 0.151 e. The van der Waals surface area contributed by atoms with E-state index in [0.717, 1.165) is 18.6 Å². The highest BCUT2D eigenvalue weighted by molar-refractivity contribution is 7.99. The van der Waals surface area contributed by atoms with Crippen molar-refractivity contribution >= 4 is 21.6 Å². The van der Waals surface area contributed by atoms with E-state index in [4.69, 9.17) is 0 Å². The van der Waals surface area contributed by atoms with Crippen LogP contribution in [0, 0.1) is 5.41 Å². The number of rotatable bonds is 2. The fraction of sp³-hybridized carbons (Fsp3) is 1.00. The van der Waals surface area contributed by atoms with Gasteiger partial charge in [0.05, 0.1) is 11.5 Å². The number of sulfone groups is 1. The van der Waals surface area contributed by atoms with Gasteiger partial charge in [-0.2, -0.15) is 11.8 Å². The summed E-state index contributed by atoms with van der Waals surface area (Å²) in [6.45, 7) is 4.59. The minimum atomic E-state index is -2.79. The van der Waals surface area contributed by atoms with E-state index >= 15 is 0 Å². The van der Waals surface area contributed by atoms with Crippen molar-refractivity contribution in [3.8, 4) is 0 Å². The van der Waals surface area contributed by atoms with Crippen LogP contribution in [0.5, 0.6) is 0 Å². The second kappa shape index (κ2) is 5.10. The molecule has 0 aromatic heterocycles. The minimum Gasteiger partial charge on any atom is -0.309 e. The van der Waals surface area contributed by atoms with Gasteiger partial charge < -0.3 is 5.32 Å². The zero-order valence-corrected chi connectivity index (χ0v) is 12.4. The van der Waals surface area contributed by atoms with E-state index in [-0.39, 0.29) is 6.04 Å². The molecule has 0 bridgehead atoms. The Hall–Kier alpha value is 0.260. The van der Waals surface area contributed by atoms with Crippen molar-refractivity contribution in [3.05, 3.63) is 0 Å². The first-order valence-corrected chi connectivity index (χ1v) is 9.41. The second-order valence-electron chi connectivity index (χ2n) is 5.99. The molecule has 3 nitrogen and oxygen atoms in total. The number of hydrogen-bond acceptors (Lipinski definition) is 4. The number of hydrogen-bond donors (Lipinski definition) is 1. The summed E-state index contributed by atoms with van der Waals surface area (Å²) in [5.41, 5.74) is 0.298. The van der Waals surface area contributed by atoms with Crippen LogP contribution in [-0.4, -0.2) is 43.5 Å². The van der Waals surface area contributed by atoms with Gasteiger partial charge in [-0.15, -0.1) is 0 Å². The summed E-state index contributed by atoms with van der Waals surface area (Å²) in [7, 11) is -2.79. The zero-order valence-electron chi connectivity index (χ0n) is 10.7. The lowest BCUT2D eigenvalue weighted by Gasteiger charge is -2.41. The van der Waals surface area contributed by atoms with Crippen molar-refractivity contribution < 1.29 is 8.42 Å². The third kappa shape index (κ3) is 3.61. The Labute approximate surface area is 109 Å². The lowest BCUT2D eigenvalue weighted by atomic mass is 9.82. The van der Waals surface area contributed by atoms with Crippen LogP contribution in [0.25, 0.3) is 0 Å². The summed E-state index contributed by atoms with van der Waals surface area (Å²) in [4.78, 5) is 0. The number of nitrogens with one attached hydrogen (secondary N) is 1. The third-order valence-corrected chi connectivity index (χ3v) is 6.90. The normalized spacial score (nSPS) is 36.6. The molecule has 2 saturated heterocycles. The molecule has 0 aliphatic carbocycles. The van der Waals surface area contributed by atoms with Crippen LogP contribution in [0.3, 0.4) is 0 Å². The summed E-state index contributed by atoms with van der Waals surface area (Å²) >= 11 is 1.98. The van der Waals surface area contributed by atoms with Crippen molar-refractivity contribution in [2.24, 2.45) is 5.41 Å². The van der Waals surface area contributed by atoms with Gasteiger partial charge in [-0.05, 0) is 30.4 Å². The van der Waals surface area contributed by atoms with Gasteiger partial charge in [-0.1, -0.05) is 13.8 Å². The van der Waals surface area contributed by atoms with E-state index in [9.17, 15) is 8.42 Å². The van der Waals surface area contributed by atoms with Gasteiger partial charge in [0, 0.05) is 17.8 Å². The maximum Gasteiger partial charge on any atom is 0.151 e. The quantitative estimate of drug-likeness (QED) is 0.834. The summed E-state index contributed by atoms with van der Waals surface area (Å²) < 4.78 is 23.2. The molecule has 100 valence electrons. The van der Waals surface area contributed by atoms with E-state index < -0.39 is 9.84 Å². The van der Waals surface area contributed by atoms with E-state index in [2.05, 4.69) is 19.2 Å². The maximum atomic E-state index is 11.6. The molecular weight excluding hydrogens is 254 g/mol. The van der Waals surface area contributed by atoms with E-state index in [1.165, 1.54) is 12.2 Å². The molecule has 2 atom stereocenters. The topological polar surface area (TPSA) is 46.2 Å². The van der Waals surface area contributed by atoms with Crippen molar-refractivity contribution in [2.75, 3.05) is 23.0 Å². The first-order valence-electron chi connectivity index (χ1n) is 6.43. The Morgan fingerprint density at radius 3 is 2.76 bits per heavy atom. The van der Waals surface area contributed by atoms with Crippen LogP contribution in [-0.2, 0) is 9.84 Å². The molecule has 2 unspecified atom stereocenters. The van der Waals surface area contributed by atoms with Gasteiger partial charge in [0.25, 0.3) is 0 Å². The Balaban J connectivity index is 1.96. The van der Waals surface area contributed by atoms with Crippen LogP contribution >= 0.6 is 11.8 Å². The average Bonchev–Trinajstić information content (AvgIpc) is 2.20. The van der Waals surface area contributed by atoms with Crippen LogP contribution in [0.1, 0.15) is 33.1 Å². The molecule has 17 heavy (non-hydrogen) atoms. The molecule has 0 amide bonds. The largest absolute Gasteiger partial charge is 0.309 e. The van der Waals surface area contributed by atoms with Gasteiger partial charge in [0.15, 0.2) is 9.84 Å². The van der Waals surface area contributed by atoms with Gasteiger partial charge in [0.2, 0.25) is 0 Å². The molecule has 2 heterocycles. The zero-order chi connectivity index (χ0) is 12.5. The molecule has 1 N–H and O–H groups in total. The van der Waals surface area contributed by atoms with E-state index in [1.54, 1.807) is 0 Å². The molecule has 0 saturated carbocycles. The summed E-state index contributed by atoms with van der Waals surface area (Å²) in [5, 5.41) is 3.60. The third-order valence-electron chi connectivity index (χ3n) is 4.02. The Bertz CT molecular complexity index is 365. The standard InChI is InChI=1S/C12H23NO2S2/c1-12(2)5-6-16-8-11(12)13-10-4-3-7-17(14,15)9-10/h10-11,13H,3-9H2,1-2H3. The van der Waals surface area contributed by atoms with Crippen LogP contribution < -0.4 is 5.32 Å². The van der Waals surface area contributed by atoms with E-state index in [0.29, 0.717) is 23.0 Å². The Morgan fingerprint density at radius 2 is 2.12 bits per heavy atom. The summed E-state index contributed by atoms with van der Waals surface area (Å²) in [5.74, 6) is 3.07. The van der Waals surface area contributed by atoms with Crippen molar-refractivity contribution in [2.45, 2.75) is 45.2 Å². The predicted molar refractivity (Wildman–Crippen MR) is 74.3 cm³/mol. The molecule has 0 radical (unpaired) electrons. The van der Waals surface area contributed by atoms with Gasteiger partial charge in [0.1, 0.15) is 0 Å². The lowest BCUT2D eigenvalue weighted by molar-refractivity contribution is 0.227. The molecule has 0 aromatic rings. The van der Waals surface area contributed by atoms with Crippen LogP contribution in [0.15, 0.2) is 0 Å². The van der Waals surface area contributed by atoms with Gasteiger partial charge in [-0.25, -0.2) is 8.42 Å². The monoisotopic (exact) mass is 277 g/mol. The van der Waals surface area contributed by atoms with Gasteiger partial charge >= 0.3 is 0 Å². The Morgan fingerprint density at radius 1 is 1.35 bits per heavy atom. The highest BCUT2D eigenvalue weighted by atomic mass is 32.2. The van der Waals surface area contributed by atoms with Crippen LogP contribution in [0.4, 0.5) is 0 Å². The second-order valence-corrected chi connectivity index (χ2v) is 9.36. The first-order chi connectivity index (χ1) is 7.89. The lowest BCUT2D eigenvalue weighted by Crippen LogP contribution is -2.53. The molecule has 2 fully saturated rings. The maximum absolute atomic E-state index is 11.6. The van der Waals surface area contributed by atoms with Crippen LogP contribution in [0.2, 0.25) is 0 Å². The fourth-order valence-corrected chi connectivity index (χ4v) is 5.92. The highest BCUT2D eigenvalue weighted by Crippen LogP contribution is 2.34. The molecule has 2 aliphatic rings. The molecule has 5 heteroatoms. The SMILES string of the molecule is CC1(C)CCSCC1NC1CCCS(=O)(=O)C1. The van der Waals surface area contributed by atoms with Gasteiger partial charge in [-0.3, -0.25) is 0 Å². The fourth-order valence-electron chi connectivity index (χ4n) is 2.65. The van der Waals surface area contributed by atoms with E-state index in [1.807, 2.05) is 11.8 Å². The first kappa shape index (κ1) is 13.7. The van der Waals surface area contributed by atoms with Crippen molar-refractivity contribution in [1.29, 1.82) is 0 Å². The predicted octanol–water partition coefficient (Wildman–Crippen LogP) is 1.68. The average molecular weight is 277 g/mol.